The molecule has 1 saturated carbocycles. The lowest BCUT2D eigenvalue weighted by Gasteiger charge is -2.24. The number of nitro groups is 1. The number of ether oxygens (including phenoxy) is 1. The molecule has 120 valence electrons. The number of hydrogen-bond donors (Lipinski definition) is 0. The molecule has 1 aliphatic carbocycles. The summed E-state index contributed by atoms with van der Waals surface area (Å²) >= 11 is 0. The second-order valence-corrected chi connectivity index (χ2v) is 5.67. The molecule has 1 aromatic rings. The van der Waals surface area contributed by atoms with Gasteiger partial charge in [0.1, 0.15) is 12.1 Å². The predicted molar refractivity (Wildman–Crippen MR) is 79.8 cm³/mol. The largest absolute Gasteiger partial charge is 0.461 e. The van der Waals surface area contributed by atoms with E-state index in [2.05, 4.69) is 0 Å². The third-order valence-corrected chi connectivity index (χ3v) is 4.06. The second kappa shape index (κ2) is 6.72. The van der Waals surface area contributed by atoms with Gasteiger partial charge in [0.15, 0.2) is 0 Å². The van der Waals surface area contributed by atoms with Gasteiger partial charge in [0.2, 0.25) is 0 Å². The van der Waals surface area contributed by atoms with Crippen LogP contribution in [-0.4, -0.2) is 21.6 Å². The normalized spacial score (nSPS) is 17.0. The van der Waals surface area contributed by atoms with Gasteiger partial charge >= 0.3 is 17.2 Å². The van der Waals surface area contributed by atoms with Crippen LogP contribution in [0, 0.1) is 17.0 Å². The molecule has 2 rings (SSSR count). The number of esters is 1. The Hall–Kier alpha value is -2.18. The third-order valence-electron chi connectivity index (χ3n) is 4.06. The van der Waals surface area contributed by atoms with Crippen LogP contribution in [0.25, 0.3) is 0 Å². The van der Waals surface area contributed by atoms with Gasteiger partial charge in [0.05, 0.1) is 4.92 Å². The molecule has 0 aromatic carbocycles. The molecule has 7 nitrogen and oxygen atoms in total. The molecule has 0 N–H and O–H groups in total. The first-order valence-electron chi connectivity index (χ1n) is 7.49. The minimum Gasteiger partial charge on any atom is -0.461 e. The van der Waals surface area contributed by atoms with Crippen LogP contribution in [0.5, 0.6) is 0 Å². The van der Waals surface area contributed by atoms with Gasteiger partial charge in [-0.05, 0) is 45.6 Å². The number of aryl methyl sites for hydroxylation is 1. The average molecular weight is 308 g/mol. The molecule has 0 saturated heterocycles. The standard InChI is InChI=1S/C15H20N2O5/c1-10-8-9-13(17(20)21)14(18)16(10)11(2)15(19)22-12-6-4-3-5-7-12/h8-9,11-12H,3-7H2,1-2H3. The lowest BCUT2D eigenvalue weighted by atomic mass is 9.98. The van der Waals surface area contributed by atoms with Gasteiger partial charge in [0, 0.05) is 11.8 Å². The molecule has 1 fully saturated rings. The molecular weight excluding hydrogens is 288 g/mol. The van der Waals surface area contributed by atoms with E-state index in [1.54, 1.807) is 6.92 Å². The van der Waals surface area contributed by atoms with E-state index in [-0.39, 0.29) is 6.10 Å². The number of pyridine rings is 1. The molecule has 0 aliphatic heterocycles. The molecule has 22 heavy (non-hydrogen) atoms. The topological polar surface area (TPSA) is 91.4 Å². The summed E-state index contributed by atoms with van der Waals surface area (Å²) in [5.74, 6) is -0.516. The van der Waals surface area contributed by atoms with Crippen molar-refractivity contribution in [2.75, 3.05) is 0 Å². The van der Waals surface area contributed by atoms with Crippen molar-refractivity contribution in [1.29, 1.82) is 0 Å². The highest BCUT2D eigenvalue weighted by Crippen LogP contribution is 2.22. The molecule has 1 aromatic heterocycles. The maximum atomic E-state index is 12.2. The predicted octanol–water partition coefficient (Wildman–Crippen LogP) is 2.50. The van der Waals surface area contributed by atoms with Gasteiger partial charge in [0.25, 0.3) is 0 Å². The van der Waals surface area contributed by atoms with Crippen LogP contribution in [0.1, 0.15) is 50.8 Å². The van der Waals surface area contributed by atoms with Gasteiger partial charge in [-0.25, -0.2) is 4.79 Å². The van der Waals surface area contributed by atoms with E-state index in [1.807, 2.05) is 0 Å². The van der Waals surface area contributed by atoms with Crippen LogP contribution in [-0.2, 0) is 9.53 Å². The van der Waals surface area contributed by atoms with Crippen LogP contribution < -0.4 is 5.56 Å². The summed E-state index contributed by atoms with van der Waals surface area (Å²) in [5.41, 5.74) is -0.829. The van der Waals surface area contributed by atoms with Crippen molar-refractivity contribution in [2.45, 2.75) is 58.1 Å². The summed E-state index contributed by atoms with van der Waals surface area (Å²) < 4.78 is 6.58. The molecule has 1 atom stereocenters. The zero-order valence-electron chi connectivity index (χ0n) is 12.8. The average Bonchev–Trinajstić information content (AvgIpc) is 2.47. The molecule has 7 heteroatoms. The Labute approximate surface area is 128 Å². The van der Waals surface area contributed by atoms with Gasteiger partial charge < -0.3 is 4.74 Å². The first-order chi connectivity index (χ1) is 10.4. The lowest BCUT2D eigenvalue weighted by molar-refractivity contribution is -0.386. The Morgan fingerprint density at radius 3 is 2.59 bits per heavy atom. The Kier molecular flexibility index (Phi) is 4.95. The number of carbonyl (C=O) groups excluding carboxylic acids is 1. The van der Waals surface area contributed by atoms with Crippen LogP contribution in [0.3, 0.4) is 0 Å². The van der Waals surface area contributed by atoms with E-state index in [4.69, 9.17) is 4.74 Å². The lowest BCUT2D eigenvalue weighted by Crippen LogP contribution is -2.34. The van der Waals surface area contributed by atoms with E-state index in [0.717, 1.165) is 42.7 Å². The fourth-order valence-electron chi connectivity index (χ4n) is 2.81. The number of aromatic nitrogens is 1. The van der Waals surface area contributed by atoms with Crippen molar-refractivity contribution in [2.24, 2.45) is 0 Å². The van der Waals surface area contributed by atoms with Crippen LogP contribution in [0.2, 0.25) is 0 Å². The Bertz CT molecular complexity index is 631. The maximum absolute atomic E-state index is 12.2. The summed E-state index contributed by atoms with van der Waals surface area (Å²) in [7, 11) is 0. The molecular formula is C15H20N2O5. The van der Waals surface area contributed by atoms with Gasteiger partial charge in [-0.15, -0.1) is 0 Å². The minimum absolute atomic E-state index is 0.113. The van der Waals surface area contributed by atoms with E-state index < -0.39 is 28.2 Å². The second-order valence-electron chi connectivity index (χ2n) is 5.67. The molecule has 0 spiro atoms. The van der Waals surface area contributed by atoms with Crippen LogP contribution in [0.4, 0.5) is 5.69 Å². The summed E-state index contributed by atoms with van der Waals surface area (Å²) in [6.07, 6.45) is 4.76. The van der Waals surface area contributed by atoms with Crippen molar-refractivity contribution >= 4 is 11.7 Å². The van der Waals surface area contributed by atoms with Crippen molar-refractivity contribution < 1.29 is 14.5 Å². The molecule has 1 heterocycles. The van der Waals surface area contributed by atoms with Crippen molar-refractivity contribution in [3.05, 3.63) is 38.3 Å². The third kappa shape index (κ3) is 3.35. The van der Waals surface area contributed by atoms with E-state index in [0.29, 0.717) is 5.69 Å². The number of nitrogens with zero attached hydrogens (tertiary/aromatic N) is 2. The van der Waals surface area contributed by atoms with Crippen molar-refractivity contribution in [3.8, 4) is 0 Å². The highest BCUT2D eigenvalue weighted by molar-refractivity contribution is 5.74. The zero-order chi connectivity index (χ0) is 16.3. The summed E-state index contributed by atoms with van der Waals surface area (Å²) in [6.45, 7) is 3.17. The highest BCUT2D eigenvalue weighted by atomic mass is 16.6. The fourth-order valence-corrected chi connectivity index (χ4v) is 2.81. The molecule has 1 aliphatic rings. The van der Waals surface area contributed by atoms with Crippen molar-refractivity contribution in [3.63, 3.8) is 0 Å². The van der Waals surface area contributed by atoms with E-state index in [9.17, 15) is 19.7 Å². The van der Waals surface area contributed by atoms with E-state index >= 15 is 0 Å². The first kappa shape index (κ1) is 16.2. The Morgan fingerprint density at radius 1 is 1.36 bits per heavy atom. The monoisotopic (exact) mass is 308 g/mol. The van der Waals surface area contributed by atoms with Gasteiger partial charge in [-0.2, -0.15) is 0 Å². The maximum Gasteiger partial charge on any atom is 0.334 e. The molecule has 0 radical (unpaired) electrons. The molecule has 0 amide bonds. The van der Waals surface area contributed by atoms with Crippen LogP contribution >= 0.6 is 0 Å². The highest BCUT2D eigenvalue weighted by Gasteiger charge is 2.26. The number of rotatable bonds is 4. The van der Waals surface area contributed by atoms with Gasteiger partial charge in [-0.3, -0.25) is 19.5 Å². The quantitative estimate of drug-likeness (QED) is 0.484. The smallest absolute Gasteiger partial charge is 0.334 e. The minimum atomic E-state index is -0.880. The van der Waals surface area contributed by atoms with E-state index in [1.165, 1.54) is 13.0 Å². The zero-order valence-corrected chi connectivity index (χ0v) is 12.8. The SMILES string of the molecule is Cc1ccc([N+](=O)[O-])c(=O)n1C(C)C(=O)OC1CCCCC1. The fraction of sp³-hybridized carbons (Fsp3) is 0.600. The summed E-state index contributed by atoms with van der Waals surface area (Å²) in [4.78, 5) is 34.6. The van der Waals surface area contributed by atoms with Crippen molar-refractivity contribution in [1.82, 2.24) is 4.57 Å². The molecule has 1 unspecified atom stereocenters. The Morgan fingerprint density at radius 2 is 2.00 bits per heavy atom. The first-order valence-corrected chi connectivity index (χ1v) is 7.49. The Balaban J connectivity index is 2.22. The molecule has 0 bridgehead atoms. The number of carbonyl (C=O) groups is 1. The van der Waals surface area contributed by atoms with Crippen LogP contribution in [0.15, 0.2) is 16.9 Å². The number of hydrogen-bond acceptors (Lipinski definition) is 5. The van der Waals surface area contributed by atoms with Gasteiger partial charge in [-0.1, -0.05) is 6.42 Å². The summed E-state index contributed by atoms with van der Waals surface area (Å²) in [5, 5.41) is 10.9. The summed E-state index contributed by atoms with van der Waals surface area (Å²) in [6, 6.07) is 1.74.